The SMILES string of the molecule is O=C1CCC(C(=O)NCc2ccc(-c3nc(-c4ccccc4)cs3)cc2)=NN1. The number of benzene rings is 2. The lowest BCUT2D eigenvalue weighted by atomic mass is 10.1. The number of nitrogens with zero attached hydrogens (tertiary/aromatic N) is 2. The van der Waals surface area contributed by atoms with Crippen LogP contribution in [0.5, 0.6) is 0 Å². The zero-order valence-corrected chi connectivity index (χ0v) is 15.8. The third-order valence-corrected chi connectivity index (χ3v) is 5.29. The van der Waals surface area contributed by atoms with Crippen LogP contribution in [0.1, 0.15) is 18.4 Å². The summed E-state index contributed by atoms with van der Waals surface area (Å²) in [5.74, 6) is -0.416. The number of hydrogen-bond donors (Lipinski definition) is 2. The average Bonchev–Trinajstić information content (AvgIpc) is 3.24. The highest BCUT2D eigenvalue weighted by Crippen LogP contribution is 2.28. The fraction of sp³-hybridized carbons (Fsp3) is 0.143. The average molecular weight is 390 g/mol. The molecule has 1 aromatic heterocycles. The van der Waals surface area contributed by atoms with E-state index >= 15 is 0 Å². The molecule has 0 aliphatic carbocycles. The lowest BCUT2D eigenvalue weighted by Crippen LogP contribution is -2.36. The van der Waals surface area contributed by atoms with Crippen molar-refractivity contribution < 1.29 is 9.59 Å². The number of aromatic nitrogens is 1. The third-order valence-electron chi connectivity index (χ3n) is 4.39. The van der Waals surface area contributed by atoms with Crippen molar-refractivity contribution in [2.45, 2.75) is 19.4 Å². The summed E-state index contributed by atoms with van der Waals surface area (Å²) < 4.78 is 0. The van der Waals surface area contributed by atoms with Gasteiger partial charge in [-0.05, 0) is 5.56 Å². The first kappa shape index (κ1) is 18.1. The summed E-state index contributed by atoms with van der Waals surface area (Å²) in [5.41, 5.74) is 6.79. The van der Waals surface area contributed by atoms with Crippen molar-refractivity contribution >= 4 is 28.9 Å². The van der Waals surface area contributed by atoms with Crippen LogP contribution in [0.15, 0.2) is 65.1 Å². The standard InChI is InChI=1S/C21H18N4O2S/c26-19-11-10-17(24-25-19)20(27)22-12-14-6-8-16(9-7-14)21-23-18(13-28-21)15-4-2-1-3-5-15/h1-9,13H,10-12H2,(H,22,27)(H,25,26). The number of carbonyl (C=O) groups is 2. The van der Waals surface area contributed by atoms with Crippen molar-refractivity contribution in [3.8, 4) is 21.8 Å². The van der Waals surface area contributed by atoms with Crippen molar-refractivity contribution in [1.29, 1.82) is 0 Å². The largest absolute Gasteiger partial charge is 0.347 e. The van der Waals surface area contributed by atoms with Gasteiger partial charge >= 0.3 is 0 Å². The van der Waals surface area contributed by atoms with Crippen molar-refractivity contribution in [3.05, 3.63) is 65.5 Å². The van der Waals surface area contributed by atoms with Gasteiger partial charge in [0.05, 0.1) is 5.69 Å². The lowest BCUT2D eigenvalue weighted by molar-refractivity contribution is -0.121. The molecule has 1 aliphatic rings. The van der Waals surface area contributed by atoms with Crippen LogP contribution in [-0.2, 0) is 16.1 Å². The maximum atomic E-state index is 12.1. The number of rotatable bonds is 5. The second-order valence-electron chi connectivity index (χ2n) is 6.38. The summed E-state index contributed by atoms with van der Waals surface area (Å²) in [6.45, 7) is 0.402. The van der Waals surface area contributed by atoms with E-state index in [1.807, 2.05) is 54.6 Å². The highest BCUT2D eigenvalue weighted by Gasteiger charge is 2.17. The van der Waals surface area contributed by atoms with Crippen molar-refractivity contribution in [2.75, 3.05) is 0 Å². The molecule has 0 saturated heterocycles. The van der Waals surface area contributed by atoms with Gasteiger partial charge in [-0.1, -0.05) is 54.6 Å². The Hall–Kier alpha value is -3.32. The van der Waals surface area contributed by atoms with Crippen LogP contribution in [0.3, 0.4) is 0 Å². The molecule has 6 nitrogen and oxygen atoms in total. The number of amides is 2. The fourth-order valence-electron chi connectivity index (χ4n) is 2.84. The molecule has 7 heteroatoms. The van der Waals surface area contributed by atoms with Crippen LogP contribution >= 0.6 is 11.3 Å². The van der Waals surface area contributed by atoms with Crippen LogP contribution in [0, 0.1) is 0 Å². The first-order valence-corrected chi connectivity index (χ1v) is 9.81. The molecule has 2 aromatic carbocycles. The number of thiazole rings is 1. The molecule has 28 heavy (non-hydrogen) atoms. The highest BCUT2D eigenvalue weighted by molar-refractivity contribution is 7.13. The first-order chi connectivity index (χ1) is 13.7. The van der Waals surface area contributed by atoms with Crippen LogP contribution < -0.4 is 10.7 Å². The molecule has 1 aliphatic heterocycles. The Labute approximate surface area is 166 Å². The quantitative estimate of drug-likeness (QED) is 0.701. The highest BCUT2D eigenvalue weighted by atomic mass is 32.1. The zero-order valence-electron chi connectivity index (χ0n) is 15.0. The molecule has 2 heterocycles. The minimum atomic E-state index is -0.253. The molecule has 0 atom stereocenters. The second kappa shape index (κ2) is 8.14. The van der Waals surface area contributed by atoms with Gasteiger partial charge < -0.3 is 5.32 Å². The van der Waals surface area contributed by atoms with E-state index in [2.05, 4.69) is 21.2 Å². The Bertz CT molecular complexity index is 1030. The van der Waals surface area contributed by atoms with E-state index in [0.717, 1.165) is 27.4 Å². The van der Waals surface area contributed by atoms with Gasteiger partial charge in [-0.3, -0.25) is 9.59 Å². The van der Waals surface area contributed by atoms with Crippen molar-refractivity contribution in [1.82, 2.24) is 15.7 Å². The fourth-order valence-corrected chi connectivity index (χ4v) is 3.67. The molecular formula is C21H18N4O2S. The summed E-state index contributed by atoms with van der Waals surface area (Å²) in [6, 6.07) is 18.1. The molecule has 0 spiro atoms. The Morgan fingerprint density at radius 3 is 2.54 bits per heavy atom. The summed E-state index contributed by atoms with van der Waals surface area (Å²) in [4.78, 5) is 27.9. The molecule has 140 valence electrons. The molecule has 0 saturated carbocycles. The molecule has 0 unspecified atom stereocenters. The molecule has 0 fully saturated rings. The number of hydrazone groups is 1. The van der Waals surface area contributed by atoms with E-state index in [1.165, 1.54) is 0 Å². The molecule has 4 rings (SSSR count). The van der Waals surface area contributed by atoms with Crippen molar-refractivity contribution in [2.24, 2.45) is 5.10 Å². The van der Waals surface area contributed by atoms with Gasteiger partial charge in [0.15, 0.2) is 0 Å². The smallest absolute Gasteiger partial charge is 0.267 e. The number of hydrogen-bond acceptors (Lipinski definition) is 5. The van der Waals surface area contributed by atoms with Gasteiger partial charge in [0.2, 0.25) is 5.91 Å². The van der Waals surface area contributed by atoms with Gasteiger partial charge in [-0.2, -0.15) is 5.10 Å². The molecular weight excluding hydrogens is 372 g/mol. The molecule has 0 radical (unpaired) electrons. The van der Waals surface area contributed by atoms with Crippen LogP contribution in [0.2, 0.25) is 0 Å². The maximum absolute atomic E-state index is 12.1. The zero-order chi connectivity index (χ0) is 19.3. The third kappa shape index (κ3) is 4.15. The second-order valence-corrected chi connectivity index (χ2v) is 7.24. The predicted octanol–water partition coefficient (Wildman–Crippen LogP) is 3.36. The van der Waals surface area contributed by atoms with Crippen molar-refractivity contribution in [3.63, 3.8) is 0 Å². The molecule has 0 bridgehead atoms. The van der Waals surface area contributed by atoms with Crippen LogP contribution in [0.4, 0.5) is 0 Å². The van der Waals surface area contributed by atoms with Gasteiger partial charge in [0.25, 0.3) is 5.91 Å². The Balaban J connectivity index is 1.38. The van der Waals surface area contributed by atoms with Gasteiger partial charge in [-0.25, -0.2) is 10.4 Å². The van der Waals surface area contributed by atoms with E-state index in [4.69, 9.17) is 4.98 Å². The van der Waals surface area contributed by atoms with E-state index in [1.54, 1.807) is 11.3 Å². The Morgan fingerprint density at radius 2 is 1.82 bits per heavy atom. The monoisotopic (exact) mass is 390 g/mol. The maximum Gasteiger partial charge on any atom is 0.267 e. The van der Waals surface area contributed by atoms with Gasteiger partial charge in [-0.15, -0.1) is 11.3 Å². The van der Waals surface area contributed by atoms with E-state index in [0.29, 0.717) is 25.1 Å². The van der Waals surface area contributed by atoms with Gasteiger partial charge in [0.1, 0.15) is 10.7 Å². The summed E-state index contributed by atoms with van der Waals surface area (Å²) in [5, 5.41) is 9.65. The summed E-state index contributed by atoms with van der Waals surface area (Å²) in [6.07, 6.45) is 0.657. The minimum absolute atomic E-state index is 0.162. The molecule has 3 aromatic rings. The Kier molecular flexibility index (Phi) is 5.25. The molecule has 2 amide bonds. The molecule has 2 N–H and O–H groups in total. The Morgan fingerprint density at radius 1 is 1.04 bits per heavy atom. The van der Waals surface area contributed by atoms with E-state index in [-0.39, 0.29) is 11.8 Å². The van der Waals surface area contributed by atoms with E-state index < -0.39 is 0 Å². The van der Waals surface area contributed by atoms with Crippen LogP contribution in [-0.4, -0.2) is 22.5 Å². The summed E-state index contributed by atoms with van der Waals surface area (Å²) in [7, 11) is 0. The van der Waals surface area contributed by atoms with Gasteiger partial charge in [0, 0.05) is 35.9 Å². The lowest BCUT2D eigenvalue weighted by Gasteiger charge is -2.12. The first-order valence-electron chi connectivity index (χ1n) is 8.93. The topological polar surface area (TPSA) is 83.5 Å². The minimum Gasteiger partial charge on any atom is -0.347 e. The van der Waals surface area contributed by atoms with E-state index in [9.17, 15) is 9.59 Å². The summed E-state index contributed by atoms with van der Waals surface area (Å²) >= 11 is 1.61. The number of carbonyl (C=O) groups excluding carboxylic acids is 2. The van der Waals surface area contributed by atoms with Crippen LogP contribution in [0.25, 0.3) is 21.8 Å². The number of nitrogens with one attached hydrogen (secondary N) is 2. The normalized spacial score (nSPS) is 13.6. The predicted molar refractivity (Wildman–Crippen MR) is 110 cm³/mol.